The first-order valence-electron chi connectivity index (χ1n) is 7.58. The van der Waals surface area contributed by atoms with Crippen molar-refractivity contribution in [3.05, 3.63) is 64.1 Å². The number of hydrogen-bond donors (Lipinski definition) is 1. The number of carbonyl (C=O) groups excluding carboxylic acids is 1. The zero-order valence-electron chi connectivity index (χ0n) is 13.5. The molecular formula is C18H18ClN3OS. The van der Waals surface area contributed by atoms with E-state index in [0.29, 0.717) is 17.1 Å². The Morgan fingerprint density at radius 1 is 1.29 bits per heavy atom. The lowest BCUT2D eigenvalue weighted by atomic mass is 10.1. The molecule has 24 heavy (non-hydrogen) atoms. The van der Waals surface area contributed by atoms with Crippen LogP contribution in [0.4, 0.5) is 0 Å². The molecule has 0 saturated carbocycles. The molecule has 0 radical (unpaired) electrons. The molecule has 1 heterocycles. The predicted octanol–water partition coefficient (Wildman–Crippen LogP) is 3.98. The molecule has 0 aliphatic carbocycles. The van der Waals surface area contributed by atoms with Crippen LogP contribution >= 0.6 is 22.9 Å². The fourth-order valence-corrected chi connectivity index (χ4v) is 3.58. The van der Waals surface area contributed by atoms with Gasteiger partial charge in [0.15, 0.2) is 0 Å². The number of carbonyl (C=O) groups is 1. The number of nitrogens with zero attached hydrogens (tertiary/aromatic N) is 2. The number of halogens is 1. The Labute approximate surface area is 150 Å². The molecule has 0 aliphatic rings. The first-order chi connectivity index (χ1) is 11.6. The van der Waals surface area contributed by atoms with Gasteiger partial charge in [0, 0.05) is 17.1 Å². The van der Waals surface area contributed by atoms with E-state index in [0.717, 1.165) is 15.8 Å². The van der Waals surface area contributed by atoms with E-state index in [1.165, 1.54) is 11.3 Å². The van der Waals surface area contributed by atoms with Gasteiger partial charge in [-0.3, -0.25) is 4.79 Å². The molecule has 3 aromatic rings. The smallest absolute Gasteiger partial charge is 0.251 e. The number of hydrogen-bond acceptors (Lipinski definition) is 4. The van der Waals surface area contributed by atoms with E-state index in [2.05, 4.69) is 10.3 Å². The minimum absolute atomic E-state index is 0.00906. The van der Waals surface area contributed by atoms with Gasteiger partial charge >= 0.3 is 0 Å². The zero-order chi connectivity index (χ0) is 17.1. The molecule has 124 valence electrons. The third-order valence-corrected chi connectivity index (χ3v) is 5.07. The fraction of sp³-hybridized carbons (Fsp3) is 0.222. The van der Waals surface area contributed by atoms with Crippen LogP contribution in [0.5, 0.6) is 0 Å². The maximum absolute atomic E-state index is 12.5. The fourth-order valence-electron chi connectivity index (χ4n) is 2.60. The highest BCUT2D eigenvalue weighted by atomic mass is 35.5. The summed E-state index contributed by atoms with van der Waals surface area (Å²) in [5, 5.41) is 3.71. The second kappa shape index (κ2) is 7.30. The number of likely N-dealkylation sites (N-methyl/N-ethyl adjacent to an activating group) is 1. The van der Waals surface area contributed by atoms with Crippen molar-refractivity contribution >= 4 is 39.1 Å². The summed E-state index contributed by atoms with van der Waals surface area (Å²) in [5.41, 5.74) is 4.34. The van der Waals surface area contributed by atoms with E-state index in [9.17, 15) is 4.79 Å². The number of nitrogens with one attached hydrogen (secondary N) is 1. The quantitative estimate of drug-likeness (QED) is 0.749. The molecule has 1 unspecified atom stereocenters. The highest BCUT2D eigenvalue weighted by molar-refractivity contribution is 7.16. The van der Waals surface area contributed by atoms with Crippen LogP contribution < -0.4 is 5.32 Å². The Bertz CT molecular complexity index is 862. The van der Waals surface area contributed by atoms with Crippen LogP contribution in [0.2, 0.25) is 5.02 Å². The normalized spacial score (nSPS) is 12.5. The molecular weight excluding hydrogens is 342 g/mol. The van der Waals surface area contributed by atoms with Crippen molar-refractivity contribution in [1.29, 1.82) is 0 Å². The summed E-state index contributed by atoms with van der Waals surface area (Å²) in [6.45, 7) is 0.482. The Balaban J connectivity index is 1.74. The molecule has 1 amide bonds. The van der Waals surface area contributed by atoms with Crippen molar-refractivity contribution in [2.75, 3.05) is 20.6 Å². The number of rotatable bonds is 5. The molecule has 0 spiro atoms. The number of amides is 1. The van der Waals surface area contributed by atoms with Gasteiger partial charge < -0.3 is 10.2 Å². The summed E-state index contributed by atoms with van der Waals surface area (Å²) in [5.74, 6) is -0.0933. The van der Waals surface area contributed by atoms with Gasteiger partial charge in [0.25, 0.3) is 5.91 Å². The van der Waals surface area contributed by atoms with E-state index in [1.54, 1.807) is 11.6 Å². The van der Waals surface area contributed by atoms with Crippen LogP contribution in [0.15, 0.2) is 48.0 Å². The second-order valence-electron chi connectivity index (χ2n) is 5.75. The third-order valence-electron chi connectivity index (χ3n) is 3.94. The molecule has 0 fully saturated rings. The van der Waals surface area contributed by atoms with Crippen molar-refractivity contribution in [1.82, 2.24) is 15.2 Å². The molecule has 6 heteroatoms. The molecule has 3 rings (SSSR count). The van der Waals surface area contributed by atoms with E-state index in [1.807, 2.05) is 55.4 Å². The first-order valence-corrected chi connectivity index (χ1v) is 8.84. The molecule has 0 saturated heterocycles. The van der Waals surface area contributed by atoms with Gasteiger partial charge in [0.05, 0.1) is 21.8 Å². The van der Waals surface area contributed by atoms with E-state index in [4.69, 9.17) is 11.6 Å². The number of fused-ring (bicyclic) bond motifs is 1. The van der Waals surface area contributed by atoms with E-state index < -0.39 is 0 Å². The van der Waals surface area contributed by atoms with E-state index >= 15 is 0 Å². The summed E-state index contributed by atoms with van der Waals surface area (Å²) < 4.78 is 1.01. The molecule has 0 aliphatic heterocycles. The Morgan fingerprint density at radius 3 is 2.83 bits per heavy atom. The maximum atomic E-state index is 12.5. The lowest BCUT2D eigenvalue weighted by Gasteiger charge is -2.26. The van der Waals surface area contributed by atoms with E-state index in [-0.39, 0.29) is 11.9 Å². The van der Waals surface area contributed by atoms with Crippen LogP contribution in [-0.2, 0) is 0 Å². The van der Waals surface area contributed by atoms with Gasteiger partial charge in [0.2, 0.25) is 0 Å². The Morgan fingerprint density at radius 2 is 2.08 bits per heavy atom. The lowest BCUT2D eigenvalue weighted by Crippen LogP contribution is -2.34. The molecule has 2 aromatic carbocycles. The number of aromatic nitrogens is 1. The molecule has 4 nitrogen and oxygen atoms in total. The van der Waals surface area contributed by atoms with Gasteiger partial charge in [-0.05, 0) is 43.9 Å². The Kier molecular flexibility index (Phi) is 5.14. The minimum Gasteiger partial charge on any atom is -0.350 e. The van der Waals surface area contributed by atoms with Crippen molar-refractivity contribution < 1.29 is 4.79 Å². The van der Waals surface area contributed by atoms with Gasteiger partial charge in [0.1, 0.15) is 0 Å². The SMILES string of the molecule is CN(C)C(CNC(=O)c1ccc2ncsc2c1)c1ccccc1Cl. The van der Waals surface area contributed by atoms with Crippen molar-refractivity contribution in [2.45, 2.75) is 6.04 Å². The van der Waals surface area contributed by atoms with Crippen LogP contribution in [0.3, 0.4) is 0 Å². The van der Waals surface area contributed by atoms with Crippen molar-refractivity contribution in [2.24, 2.45) is 0 Å². The largest absolute Gasteiger partial charge is 0.350 e. The molecule has 0 bridgehead atoms. The summed E-state index contributed by atoms with van der Waals surface area (Å²) >= 11 is 7.83. The molecule has 1 atom stereocenters. The van der Waals surface area contributed by atoms with Crippen LogP contribution in [0, 0.1) is 0 Å². The lowest BCUT2D eigenvalue weighted by molar-refractivity contribution is 0.0942. The number of benzene rings is 2. The van der Waals surface area contributed by atoms with Crippen molar-refractivity contribution in [3.8, 4) is 0 Å². The van der Waals surface area contributed by atoms with Crippen LogP contribution in [-0.4, -0.2) is 36.4 Å². The molecule has 1 aromatic heterocycles. The predicted molar refractivity (Wildman–Crippen MR) is 99.8 cm³/mol. The number of thiazole rings is 1. The second-order valence-corrected chi connectivity index (χ2v) is 7.04. The monoisotopic (exact) mass is 359 g/mol. The summed E-state index contributed by atoms with van der Waals surface area (Å²) in [7, 11) is 3.95. The average molecular weight is 360 g/mol. The highest BCUT2D eigenvalue weighted by Crippen LogP contribution is 2.25. The van der Waals surface area contributed by atoms with Gasteiger partial charge in [-0.25, -0.2) is 4.98 Å². The standard InChI is InChI=1S/C18H18ClN3OS/c1-22(2)16(13-5-3-4-6-14(13)19)10-20-18(23)12-7-8-15-17(9-12)24-11-21-15/h3-9,11,16H,10H2,1-2H3,(H,20,23). The minimum atomic E-state index is -0.0933. The molecule has 1 N–H and O–H groups in total. The highest BCUT2D eigenvalue weighted by Gasteiger charge is 2.18. The van der Waals surface area contributed by atoms with Crippen LogP contribution in [0.25, 0.3) is 10.2 Å². The summed E-state index contributed by atoms with van der Waals surface area (Å²) in [4.78, 5) is 18.8. The van der Waals surface area contributed by atoms with Gasteiger partial charge in [-0.1, -0.05) is 29.8 Å². The Hall–Kier alpha value is -1.95. The zero-order valence-corrected chi connectivity index (χ0v) is 15.1. The summed E-state index contributed by atoms with van der Waals surface area (Å²) in [6.07, 6.45) is 0. The average Bonchev–Trinajstić information content (AvgIpc) is 3.03. The topological polar surface area (TPSA) is 45.2 Å². The van der Waals surface area contributed by atoms with Crippen molar-refractivity contribution in [3.63, 3.8) is 0 Å². The van der Waals surface area contributed by atoms with Gasteiger partial charge in [-0.15, -0.1) is 11.3 Å². The summed E-state index contributed by atoms with van der Waals surface area (Å²) in [6, 6.07) is 13.3. The van der Waals surface area contributed by atoms with Crippen LogP contribution in [0.1, 0.15) is 22.0 Å². The maximum Gasteiger partial charge on any atom is 0.251 e. The third kappa shape index (κ3) is 3.59. The van der Waals surface area contributed by atoms with Gasteiger partial charge in [-0.2, -0.15) is 0 Å². The first kappa shape index (κ1) is 16.9.